The van der Waals surface area contributed by atoms with Gasteiger partial charge in [0.2, 0.25) is 0 Å². The highest BCUT2D eigenvalue weighted by molar-refractivity contribution is 5.95. The zero-order valence-corrected chi connectivity index (χ0v) is 15.8. The van der Waals surface area contributed by atoms with E-state index in [0.29, 0.717) is 18.5 Å². The van der Waals surface area contributed by atoms with Crippen molar-refractivity contribution in [3.05, 3.63) is 65.2 Å². The number of amides is 1. The lowest BCUT2D eigenvalue weighted by Gasteiger charge is -2.27. The van der Waals surface area contributed by atoms with Crippen molar-refractivity contribution in [1.29, 1.82) is 0 Å². The molecule has 3 rings (SSSR count). The van der Waals surface area contributed by atoms with Gasteiger partial charge in [0.25, 0.3) is 5.91 Å². The van der Waals surface area contributed by atoms with Crippen LogP contribution in [0.2, 0.25) is 0 Å². The van der Waals surface area contributed by atoms with Crippen LogP contribution in [0, 0.1) is 0 Å². The van der Waals surface area contributed by atoms with Gasteiger partial charge in [-0.25, -0.2) is 4.79 Å². The number of benzene rings is 2. The number of fused-ring (bicyclic) bond motifs is 1. The molecule has 27 heavy (non-hydrogen) atoms. The zero-order chi connectivity index (χ0) is 19.4. The molecule has 6 heteroatoms. The molecule has 6 nitrogen and oxygen atoms in total. The molecule has 0 spiro atoms. The van der Waals surface area contributed by atoms with Crippen molar-refractivity contribution in [2.45, 2.75) is 18.6 Å². The smallest absolute Gasteiger partial charge is 0.339 e. The van der Waals surface area contributed by atoms with Crippen molar-refractivity contribution >= 4 is 11.9 Å². The Hall–Kier alpha value is -2.86. The molecule has 1 aliphatic rings. The van der Waals surface area contributed by atoms with E-state index in [4.69, 9.17) is 9.47 Å². The van der Waals surface area contributed by atoms with Crippen LogP contribution in [-0.2, 0) is 16.0 Å². The van der Waals surface area contributed by atoms with E-state index < -0.39 is 12.1 Å². The van der Waals surface area contributed by atoms with Crippen LogP contribution in [0.25, 0.3) is 0 Å². The molecule has 2 aromatic carbocycles. The molecule has 0 radical (unpaired) electrons. The quantitative estimate of drug-likeness (QED) is 0.792. The molecule has 1 heterocycles. The van der Waals surface area contributed by atoms with Crippen molar-refractivity contribution in [3.8, 4) is 5.75 Å². The van der Waals surface area contributed by atoms with Crippen molar-refractivity contribution in [2.75, 3.05) is 27.7 Å². The molecule has 142 valence electrons. The fraction of sp³-hybridized carbons (Fsp3) is 0.333. The van der Waals surface area contributed by atoms with Gasteiger partial charge >= 0.3 is 5.97 Å². The number of likely N-dealkylation sites (N-methyl/N-ethyl adjacent to an activating group) is 1. The van der Waals surface area contributed by atoms with Crippen molar-refractivity contribution in [2.24, 2.45) is 0 Å². The highest BCUT2D eigenvalue weighted by Crippen LogP contribution is 2.22. The maximum atomic E-state index is 12.6. The number of esters is 1. The largest absolute Gasteiger partial charge is 0.497 e. The minimum absolute atomic E-state index is 0.00793. The number of carbonyl (C=O) groups is 2. The standard InChI is InChI=1S/C21H24N2O4/c1-23(2)18(14-8-10-16(26-3)11-9-14)13-22-20(24)19-12-15-6-4-5-7-17(15)21(25)27-19/h4-11,18-19H,12-13H2,1-3H3,(H,22,24). The lowest BCUT2D eigenvalue weighted by molar-refractivity contribution is -0.130. The van der Waals surface area contributed by atoms with Gasteiger partial charge in [0, 0.05) is 13.0 Å². The highest BCUT2D eigenvalue weighted by Gasteiger charge is 2.31. The number of cyclic esters (lactones) is 1. The van der Waals surface area contributed by atoms with E-state index in [-0.39, 0.29) is 11.9 Å². The van der Waals surface area contributed by atoms with Crippen LogP contribution in [-0.4, -0.2) is 50.6 Å². The Morgan fingerprint density at radius 3 is 2.59 bits per heavy atom. The van der Waals surface area contributed by atoms with Gasteiger partial charge < -0.3 is 19.7 Å². The minimum Gasteiger partial charge on any atom is -0.497 e. The fourth-order valence-electron chi connectivity index (χ4n) is 3.21. The topological polar surface area (TPSA) is 67.9 Å². The van der Waals surface area contributed by atoms with E-state index >= 15 is 0 Å². The van der Waals surface area contributed by atoms with Gasteiger partial charge in [0.15, 0.2) is 6.10 Å². The number of rotatable bonds is 6. The number of ether oxygens (including phenoxy) is 2. The molecule has 0 aromatic heterocycles. The molecular formula is C21H24N2O4. The number of hydrogen-bond donors (Lipinski definition) is 1. The molecule has 2 aromatic rings. The second-order valence-corrected chi connectivity index (χ2v) is 6.75. The summed E-state index contributed by atoms with van der Waals surface area (Å²) in [6.45, 7) is 0.411. The third-order valence-corrected chi connectivity index (χ3v) is 4.78. The first-order valence-electron chi connectivity index (χ1n) is 8.86. The van der Waals surface area contributed by atoms with Crippen molar-refractivity contribution in [3.63, 3.8) is 0 Å². The van der Waals surface area contributed by atoms with Gasteiger partial charge in [0.05, 0.1) is 18.7 Å². The SMILES string of the molecule is COc1ccc(C(CNC(=O)C2Cc3ccccc3C(=O)O2)N(C)C)cc1. The van der Waals surface area contributed by atoms with Crippen LogP contribution in [0.3, 0.4) is 0 Å². The van der Waals surface area contributed by atoms with Crippen LogP contribution in [0.5, 0.6) is 5.75 Å². The molecule has 0 aliphatic carbocycles. The Morgan fingerprint density at radius 2 is 1.93 bits per heavy atom. The minimum atomic E-state index is -0.800. The average molecular weight is 368 g/mol. The first kappa shape index (κ1) is 18.9. The summed E-state index contributed by atoms with van der Waals surface area (Å²) in [6, 6.07) is 15.0. The van der Waals surface area contributed by atoms with Gasteiger partial charge in [-0.15, -0.1) is 0 Å². The number of nitrogens with zero attached hydrogens (tertiary/aromatic N) is 1. The van der Waals surface area contributed by atoms with Gasteiger partial charge in [-0.1, -0.05) is 30.3 Å². The summed E-state index contributed by atoms with van der Waals surface area (Å²) in [5.41, 5.74) is 2.44. The van der Waals surface area contributed by atoms with Crippen LogP contribution in [0.1, 0.15) is 27.5 Å². The normalized spacial score (nSPS) is 17.0. The third-order valence-electron chi connectivity index (χ3n) is 4.78. The second-order valence-electron chi connectivity index (χ2n) is 6.75. The fourth-order valence-corrected chi connectivity index (χ4v) is 3.21. The first-order chi connectivity index (χ1) is 13.0. The summed E-state index contributed by atoms with van der Waals surface area (Å²) in [5.74, 6) is 0.0580. The zero-order valence-electron chi connectivity index (χ0n) is 15.8. The summed E-state index contributed by atoms with van der Waals surface area (Å²) in [7, 11) is 5.54. The third kappa shape index (κ3) is 4.28. The summed E-state index contributed by atoms with van der Waals surface area (Å²) in [5, 5.41) is 2.92. The maximum Gasteiger partial charge on any atom is 0.339 e. The molecule has 2 atom stereocenters. The number of hydrogen-bond acceptors (Lipinski definition) is 5. The van der Waals surface area contributed by atoms with Gasteiger partial charge in [-0.05, 0) is 43.4 Å². The summed E-state index contributed by atoms with van der Waals surface area (Å²) in [4.78, 5) is 26.7. The predicted octanol–water partition coefficient (Wildman–Crippen LogP) is 2.20. The van der Waals surface area contributed by atoms with E-state index in [1.807, 2.05) is 55.4 Å². The maximum absolute atomic E-state index is 12.6. The van der Waals surface area contributed by atoms with Crippen LogP contribution < -0.4 is 10.1 Å². The molecule has 0 bridgehead atoms. The summed E-state index contributed by atoms with van der Waals surface area (Å²) in [6.07, 6.45) is -0.408. The second kappa shape index (κ2) is 8.22. The van der Waals surface area contributed by atoms with E-state index in [9.17, 15) is 9.59 Å². The van der Waals surface area contributed by atoms with E-state index in [1.54, 1.807) is 19.2 Å². The Kier molecular flexibility index (Phi) is 5.76. The number of nitrogens with one attached hydrogen (secondary N) is 1. The van der Waals surface area contributed by atoms with E-state index in [0.717, 1.165) is 16.9 Å². The van der Waals surface area contributed by atoms with Gasteiger partial charge in [0.1, 0.15) is 5.75 Å². The Morgan fingerprint density at radius 1 is 1.22 bits per heavy atom. The average Bonchev–Trinajstić information content (AvgIpc) is 2.68. The predicted molar refractivity (Wildman–Crippen MR) is 102 cm³/mol. The molecule has 1 aliphatic heterocycles. The van der Waals surface area contributed by atoms with Crippen LogP contribution >= 0.6 is 0 Å². The van der Waals surface area contributed by atoms with Crippen LogP contribution in [0.4, 0.5) is 0 Å². The lowest BCUT2D eigenvalue weighted by atomic mass is 9.98. The van der Waals surface area contributed by atoms with Gasteiger partial charge in [-0.2, -0.15) is 0 Å². The molecule has 0 saturated carbocycles. The molecular weight excluding hydrogens is 344 g/mol. The Labute approximate surface area is 159 Å². The Balaban J connectivity index is 1.65. The van der Waals surface area contributed by atoms with E-state index in [1.165, 1.54) is 0 Å². The summed E-state index contributed by atoms with van der Waals surface area (Å²) >= 11 is 0. The Bertz CT molecular complexity index is 817. The molecule has 0 fully saturated rings. The van der Waals surface area contributed by atoms with Crippen molar-refractivity contribution in [1.82, 2.24) is 10.2 Å². The highest BCUT2D eigenvalue weighted by atomic mass is 16.5. The van der Waals surface area contributed by atoms with Gasteiger partial charge in [-0.3, -0.25) is 4.79 Å². The molecule has 1 amide bonds. The number of methoxy groups -OCH3 is 1. The number of carbonyl (C=O) groups excluding carboxylic acids is 2. The first-order valence-corrected chi connectivity index (χ1v) is 8.86. The summed E-state index contributed by atoms with van der Waals surface area (Å²) < 4.78 is 10.5. The lowest BCUT2D eigenvalue weighted by Crippen LogP contribution is -2.44. The van der Waals surface area contributed by atoms with Crippen molar-refractivity contribution < 1.29 is 19.1 Å². The molecule has 0 saturated heterocycles. The van der Waals surface area contributed by atoms with Crippen LogP contribution in [0.15, 0.2) is 48.5 Å². The van der Waals surface area contributed by atoms with E-state index in [2.05, 4.69) is 5.32 Å². The molecule has 1 N–H and O–H groups in total. The molecule has 2 unspecified atom stereocenters. The monoisotopic (exact) mass is 368 g/mol.